The summed E-state index contributed by atoms with van der Waals surface area (Å²) in [6.07, 6.45) is 0. The van der Waals surface area contributed by atoms with E-state index in [1.165, 1.54) is 4.57 Å². The predicted molar refractivity (Wildman–Crippen MR) is 66.9 cm³/mol. The van der Waals surface area contributed by atoms with E-state index in [1.54, 1.807) is 7.05 Å². The molecule has 0 fully saturated rings. The summed E-state index contributed by atoms with van der Waals surface area (Å²) in [6.45, 7) is 0. The molecule has 0 bridgehead atoms. The van der Waals surface area contributed by atoms with Gasteiger partial charge in [-0.3, -0.25) is 4.57 Å². The SMILES string of the molecule is Cn1c(=O)oc2ccc(-c3ccccc3)cc21. The molecule has 0 aliphatic heterocycles. The van der Waals surface area contributed by atoms with E-state index in [4.69, 9.17) is 4.42 Å². The number of nitrogens with zero attached hydrogens (tertiary/aromatic N) is 1. The average molecular weight is 225 g/mol. The van der Waals surface area contributed by atoms with Crippen LogP contribution in [-0.4, -0.2) is 4.57 Å². The van der Waals surface area contributed by atoms with Crippen molar-refractivity contribution in [2.45, 2.75) is 0 Å². The lowest BCUT2D eigenvalue weighted by Crippen LogP contribution is -2.08. The lowest BCUT2D eigenvalue weighted by molar-refractivity contribution is 0.528. The van der Waals surface area contributed by atoms with Crippen molar-refractivity contribution in [3.05, 3.63) is 59.1 Å². The smallest absolute Gasteiger partial charge is 0.408 e. The summed E-state index contributed by atoms with van der Waals surface area (Å²) in [5, 5.41) is 0. The molecule has 3 heteroatoms. The zero-order valence-corrected chi connectivity index (χ0v) is 9.38. The van der Waals surface area contributed by atoms with Crippen molar-refractivity contribution in [2.75, 3.05) is 0 Å². The van der Waals surface area contributed by atoms with Crippen LogP contribution in [0.15, 0.2) is 57.7 Å². The monoisotopic (exact) mass is 225 g/mol. The molecule has 84 valence electrons. The number of aromatic nitrogens is 1. The molecule has 0 amide bonds. The maximum Gasteiger partial charge on any atom is 0.419 e. The molecule has 0 unspecified atom stereocenters. The summed E-state index contributed by atoms with van der Waals surface area (Å²) >= 11 is 0. The van der Waals surface area contributed by atoms with Crippen LogP contribution in [0.2, 0.25) is 0 Å². The molecule has 2 aromatic carbocycles. The molecule has 17 heavy (non-hydrogen) atoms. The fourth-order valence-corrected chi connectivity index (χ4v) is 1.94. The van der Waals surface area contributed by atoms with E-state index in [-0.39, 0.29) is 5.76 Å². The standard InChI is InChI=1S/C14H11NO2/c1-15-12-9-11(10-5-3-2-4-6-10)7-8-13(12)17-14(15)16/h2-9H,1H3. The average Bonchev–Trinajstić information content (AvgIpc) is 2.66. The highest BCUT2D eigenvalue weighted by molar-refractivity contribution is 5.80. The second kappa shape index (κ2) is 3.63. The number of oxazole rings is 1. The molecule has 0 atom stereocenters. The summed E-state index contributed by atoms with van der Waals surface area (Å²) < 4.78 is 6.61. The first-order valence-corrected chi connectivity index (χ1v) is 5.41. The highest BCUT2D eigenvalue weighted by Gasteiger charge is 2.06. The molecule has 1 heterocycles. The first kappa shape index (κ1) is 9.90. The molecule has 3 aromatic rings. The van der Waals surface area contributed by atoms with Crippen molar-refractivity contribution in [3.8, 4) is 11.1 Å². The van der Waals surface area contributed by atoms with Gasteiger partial charge in [0.1, 0.15) is 0 Å². The van der Waals surface area contributed by atoms with Crippen LogP contribution in [-0.2, 0) is 7.05 Å². The van der Waals surface area contributed by atoms with Gasteiger partial charge in [-0.2, -0.15) is 0 Å². The number of hydrogen-bond donors (Lipinski definition) is 0. The van der Waals surface area contributed by atoms with Crippen molar-refractivity contribution in [1.29, 1.82) is 0 Å². The zero-order chi connectivity index (χ0) is 11.8. The minimum absolute atomic E-state index is 0.329. The Morgan fingerprint density at radius 1 is 1.00 bits per heavy atom. The second-order valence-corrected chi connectivity index (χ2v) is 3.98. The van der Waals surface area contributed by atoms with Gasteiger partial charge in [0, 0.05) is 7.05 Å². The summed E-state index contributed by atoms with van der Waals surface area (Å²) in [7, 11) is 1.71. The molecular formula is C14H11NO2. The summed E-state index contributed by atoms with van der Waals surface area (Å²) in [4.78, 5) is 11.4. The Balaban J connectivity index is 2.27. The topological polar surface area (TPSA) is 35.1 Å². The van der Waals surface area contributed by atoms with Crippen molar-refractivity contribution in [2.24, 2.45) is 7.05 Å². The van der Waals surface area contributed by atoms with Gasteiger partial charge in [0.2, 0.25) is 0 Å². The molecule has 0 N–H and O–H groups in total. The van der Waals surface area contributed by atoms with Gasteiger partial charge in [0.15, 0.2) is 5.58 Å². The van der Waals surface area contributed by atoms with E-state index in [0.717, 1.165) is 16.6 Å². The van der Waals surface area contributed by atoms with Crippen LogP contribution >= 0.6 is 0 Å². The number of rotatable bonds is 1. The molecule has 3 rings (SSSR count). The Morgan fingerprint density at radius 3 is 2.53 bits per heavy atom. The molecule has 0 aliphatic rings. The van der Waals surface area contributed by atoms with E-state index in [2.05, 4.69) is 0 Å². The van der Waals surface area contributed by atoms with Gasteiger partial charge in [0.05, 0.1) is 5.52 Å². The Morgan fingerprint density at radius 2 is 1.76 bits per heavy atom. The highest BCUT2D eigenvalue weighted by Crippen LogP contribution is 2.23. The summed E-state index contributed by atoms with van der Waals surface area (Å²) in [5.74, 6) is -0.329. The Bertz CT molecular complexity index is 723. The van der Waals surface area contributed by atoms with Crippen LogP contribution in [0, 0.1) is 0 Å². The first-order valence-electron chi connectivity index (χ1n) is 5.41. The van der Waals surface area contributed by atoms with Crippen molar-refractivity contribution < 1.29 is 4.42 Å². The minimum atomic E-state index is -0.329. The quantitative estimate of drug-likeness (QED) is 0.638. The molecule has 0 saturated carbocycles. The molecule has 0 saturated heterocycles. The molecule has 0 radical (unpaired) electrons. The van der Waals surface area contributed by atoms with E-state index in [0.29, 0.717) is 5.58 Å². The van der Waals surface area contributed by atoms with Gasteiger partial charge < -0.3 is 4.42 Å². The van der Waals surface area contributed by atoms with Crippen LogP contribution in [0.25, 0.3) is 22.2 Å². The predicted octanol–water partition coefficient (Wildman–Crippen LogP) is 2.80. The zero-order valence-electron chi connectivity index (χ0n) is 9.38. The van der Waals surface area contributed by atoms with Crippen LogP contribution in [0.4, 0.5) is 0 Å². The summed E-state index contributed by atoms with van der Waals surface area (Å²) in [6, 6.07) is 15.8. The van der Waals surface area contributed by atoms with Crippen LogP contribution in [0.5, 0.6) is 0 Å². The van der Waals surface area contributed by atoms with E-state index < -0.39 is 0 Å². The third-order valence-electron chi connectivity index (χ3n) is 2.90. The van der Waals surface area contributed by atoms with Gasteiger partial charge in [-0.15, -0.1) is 0 Å². The van der Waals surface area contributed by atoms with Crippen molar-refractivity contribution in [3.63, 3.8) is 0 Å². The highest BCUT2D eigenvalue weighted by atomic mass is 16.4. The Hall–Kier alpha value is -2.29. The molecule has 3 nitrogen and oxygen atoms in total. The largest absolute Gasteiger partial charge is 0.419 e. The lowest BCUT2D eigenvalue weighted by Gasteiger charge is -2.01. The molecule has 0 aliphatic carbocycles. The summed E-state index contributed by atoms with van der Waals surface area (Å²) in [5.41, 5.74) is 3.64. The minimum Gasteiger partial charge on any atom is -0.408 e. The van der Waals surface area contributed by atoms with Gasteiger partial charge in [0.25, 0.3) is 0 Å². The molecule has 1 aromatic heterocycles. The van der Waals surface area contributed by atoms with E-state index in [9.17, 15) is 4.79 Å². The fourth-order valence-electron chi connectivity index (χ4n) is 1.94. The van der Waals surface area contributed by atoms with Crippen LogP contribution in [0.3, 0.4) is 0 Å². The van der Waals surface area contributed by atoms with Crippen molar-refractivity contribution in [1.82, 2.24) is 4.57 Å². The Kier molecular flexibility index (Phi) is 2.11. The van der Waals surface area contributed by atoms with E-state index >= 15 is 0 Å². The maximum absolute atomic E-state index is 11.4. The third-order valence-corrected chi connectivity index (χ3v) is 2.90. The fraction of sp³-hybridized carbons (Fsp3) is 0.0714. The van der Waals surface area contributed by atoms with Crippen LogP contribution < -0.4 is 5.76 Å². The van der Waals surface area contributed by atoms with Gasteiger partial charge in [-0.05, 0) is 23.3 Å². The van der Waals surface area contributed by atoms with Crippen molar-refractivity contribution >= 4 is 11.1 Å². The van der Waals surface area contributed by atoms with Gasteiger partial charge >= 0.3 is 5.76 Å². The van der Waals surface area contributed by atoms with Gasteiger partial charge in [-0.1, -0.05) is 36.4 Å². The third kappa shape index (κ3) is 1.56. The number of benzene rings is 2. The van der Waals surface area contributed by atoms with Crippen LogP contribution in [0.1, 0.15) is 0 Å². The number of aryl methyl sites for hydroxylation is 1. The first-order chi connectivity index (χ1) is 8.25. The van der Waals surface area contributed by atoms with Gasteiger partial charge in [-0.25, -0.2) is 4.79 Å². The number of hydrogen-bond acceptors (Lipinski definition) is 2. The van der Waals surface area contributed by atoms with E-state index in [1.807, 2.05) is 48.5 Å². The normalized spacial score (nSPS) is 10.9. The maximum atomic E-state index is 11.4. The molecule has 0 spiro atoms. The molecular weight excluding hydrogens is 214 g/mol. The second-order valence-electron chi connectivity index (χ2n) is 3.98. The Labute approximate surface area is 97.9 Å². The number of fused-ring (bicyclic) bond motifs is 1. The lowest BCUT2D eigenvalue weighted by atomic mass is 10.1.